The summed E-state index contributed by atoms with van der Waals surface area (Å²) >= 11 is 0. The minimum Gasteiger partial charge on any atom is -0.271 e. The Balaban J connectivity index is 2.33. The summed E-state index contributed by atoms with van der Waals surface area (Å²) in [6, 6.07) is 16.9. The number of hydrazine groups is 1. The molecule has 2 rings (SSSR count). The second kappa shape index (κ2) is 5.13. The maximum absolute atomic E-state index is 5.66. The first-order valence-corrected chi connectivity index (χ1v) is 5.80. The lowest BCUT2D eigenvalue weighted by Crippen LogP contribution is -2.28. The molecule has 0 unspecified atom stereocenters. The van der Waals surface area contributed by atoms with Crippen molar-refractivity contribution in [2.75, 3.05) is 0 Å². The average molecular weight is 226 g/mol. The van der Waals surface area contributed by atoms with E-state index in [9.17, 15) is 0 Å². The lowest BCUT2D eigenvalue weighted by Gasteiger charge is -2.17. The van der Waals surface area contributed by atoms with Crippen molar-refractivity contribution in [3.8, 4) is 0 Å². The summed E-state index contributed by atoms with van der Waals surface area (Å²) in [4.78, 5) is 0. The predicted molar refractivity (Wildman–Crippen MR) is 71.5 cm³/mol. The molecular formula is C15H18N2. The van der Waals surface area contributed by atoms with Crippen molar-refractivity contribution in [2.45, 2.75) is 19.9 Å². The SMILES string of the molecule is Cc1ccc(C(NN)c2ccc(C)cc2)cc1. The van der Waals surface area contributed by atoms with Crippen molar-refractivity contribution in [1.82, 2.24) is 5.43 Å². The fraction of sp³-hybridized carbons (Fsp3) is 0.200. The van der Waals surface area contributed by atoms with Gasteiger partial charge in [0.1, 0.15) is 0 Å². The second-order valence-electron chi connectivity index (χ2n) is 4.42. The van der Waals surface area contributed by atoms with Gasteiger partial charge in [0.25, 0.3) is 0 Å². The Morgan fingerprint density at radius 3 is 1.41 bits per heavy atom. The van der Waals surface area contributed by atoms with Crippen LogP contribution in [0.15, 0.2) is 48.5 Å². The molecular weight excluding hydrogens is 208 g/mol. The Morgan fingerprint density at radius 1 is 0.765 bits per heavy atom. The molecule has 0 bridgehead atoms. The molecule has 0 heterocycles. The van der Waals surface area contributed by atoms with Crippen LogP contribution in [0.2, 0.25) is 0 Å². The molecule has 2 aromatic carbocycles. The van der Waals surface area contributed by atoms with E-state index < -0.39 is 0 Å². The van der Waals surface area contributed by atoms with Crippen LogP contribution in [-0.4, -0.2) is 0 Å². The van der Waals surface area contributed by atoms with E-state index in [2.05, 4.69) is 67.8 Å². The van der Waals surface area contributed by atoms with Gasteiger partial charge in [-0.25, -0.2) is 5.43 Å². The molecule has 0 radical (unpaired) electrons. The maximum Gasteiger partial charge on any atom is 0.0710 e. The molecule has 2 aromatic rings. The number of hydrogen-bond donors (Lipinski definition) is 2. The van der Waals surface area contributed by atoms with Gasteiger partial charge in [-0.1, -0.05) is 59.7 Å². The topological polar surface area (TPSA) is 38.0 Å². The molecule has 0 saturated heterocycles. The zero-order valence-electron chi connectivity index (χ0n) is 10.3. The lowest BCUT2D eigenvalue weighted by molar-refractivity contribution is 0.636. The highest BCUT2D eigenvalue weighted by atomic mass is 15.2. The first kappa shape index (κ1) is 11.8. The number of rotatable bonds is 3. The first-order chi connectivity index (χ1) is 8.20. The van der Waals surface area contributed by atoms with Gasteiger partial charge in [0.15, 0.2) is 0 Å². The summed E-state index contributed by atoms with van der Waals surface area (Å²) in [5, 5.41) is 0. The molecule has 2 nitrogen and oxygen atoms in total. The summed E-state index contributed by atoms with van der Waals surface area (Å²) in [5.41, 5.74) is 7.75. The third-order valence-electron chi connectivity index (χ3n) is 2.99. The fourth-order valence-electron chi connectivity index (χ4n) is 1.90. The van der Waals surface area contributed by atoms with E-state index in [0.29, 0.717) is 0 Å². The van der Waals surface area contributed by atoms with Crippen molar-refractivity contribution in [2.24, 2.45) is 5.84 Å². The smallest absolute Gasteiger partial charge is 0.0710 e. The Bertz CT molecular complexity index is 426. The summed E-state index contributed by atoms with van der Waals surface area (Å²) in [7, 11) is 0. The average Bonchev–Trinajstić information content (AvgIpc) is 2.35. The van der Waals surface area contributed by atoms with Crippen LogP contribution in [0.3, 0.4) is 0 Å². The molecule has 88 valence electrons. The van der Waals surface area contributed by atoms with E-state index in [1.807, 2.05) is 0 Å². The van der Waals surface area contributed by atoms with E-state index in [-0.39, 0.29) is 6.04 Å². The molecule has 2 heteroatoms. The summed E-state index contributed by atoms with van der Waals surface area (Å²) in [6.45, 7) is 4.17. The monoisotopic (exact) mass is 226 g/mol. The highest BCUT2D eigenvalue weighted by molar-refractivity contribution is 5.34. The highest BCUT2D eigenvalue weighted by Gasteiger charge is 2.11. The van der Waals surface area contributed by atoms with Crippen LogP contribution < -0.4 is 11.3 Å². The van der Waals surface area contributed by atoms with Gasteiger partial charge >= 0.3 is 0 Å². The second-order valence-corrected chi connectivity index (χ2v) is 4.42. The molecule has 0 atom stereocenters. The van der Waals surface area contributed by atoms with E-state index in [4.69, 9.17) is 5.84 Å². The number of nitrogens with two attached hydrogens (primary N) is 1. The van der Waals surface area contributed by atoms with Crippen LogP contribution in [-0.2, 0) is 0 Å². The molecule has 0 aliphatic heterocycles. The molecule has 0 saturated carbocycles. The molecule has 0 fully saturated rings. The molecule has 0 spiro atoms. The van der Waals surface area contributed by atoms with Gasteiger partial charge in [0, 0.05) is 0 Å². The van der Waals surface area contributed by atoms with Gasteiger partial charge in [0.2, 0.25) is 0 Å². The molecule has 0 aliphatic carbocycles. The summed E-state index contributed by atoms with van der Waals surface area (Å²) < 4.78 is 0. The Kier molecular flexibility index (Phi) is 3.57. The van der Waals surface area contributed by atoms with Crippen molar-refractivity contribution in [1.29, 1.82) is 0 Å². The molecule has 0 amide bonds. The molecule has 3 N–H and O–H groups in total. The molecule has 0 aliphatic rings. The first-order valence-electron chi connectivity index (χ1n) is 5.80. The molecule has 17 heavy (non-hydrogen) atoms. The van der Waals surface area contributed by atoms with Crippen molar-refractivity contribution in [3.63, 3.8) is 0 Å². The Labute approximate surface area is 102 Å². The van der Waals surface area contributed by atoms with Gasteiger partial charge in [-0.3, -0.25) is 5.84 Å². The van der Waals surface area contributed by atoms with E-state index in [1.165, 1.54) is 22.3 Å². The van der Waals surface area contributed by atoms with E-state index >= 15 is 0 Å². The number of nitrogens with one attached hydrogen (secondary N) is 1. The van der Waals surface area contributed by atoms with Crippen LogP contribution in [0.25, 0.3) is 0 Å². The standard InChI is InChI=1S/C15H18N2/c1-11-3-7-13(8-4-11)15(17-16)14-9-5-12(2)6-10-14/h3-10,15,17H,16H2,1-2H3. The Hall–Kier alpha value is -1.64. The predicted octanol–water partition coefficient (Wildman–Crippen LogP) is 2.86. The van der Waals surface area contributed by atoms with Crippen LogP contribution in [0.5, 0.6) is 0 Å². The molecule has 0 aromatic heterocycles. The van der Waals surface area contributed by atoms with Crippen molar-refractivity contribution < 1.29 is 0 Å². The summed E-state index contributed by atoms with van der Waals surface area (Å²) in [6.07, 6.45) is 0. The number of benzene rings is 2. The van der Waals surface area contributed by atoms with E-state index in [0.717, 1.165) is 0 Å². The van der Waals surface area contributed by atoms with Crippen LogP contribution in [0.1, 0.15) is 28.3 Å². The highest BCUT2D eigenvalue weighted by Crippen LogP contribution is 2.21. The van der Waals surface area contributed by atoms with E-state index in [1.54, 1.807) is 0 Å². The van der Waals surface area contributed by atoms with Gasteiger partial charge in [-0.15, -0.1) is 0 Å². The maximum atomic E-state index is 5.66. The van der Waals surface area contributed by atoms with Gasteiger partial charge < -0.3 is 0 Å². The minimum atomic E-state index is 0.0520. The quantitative estimate of drug-likeness (QED) is 0.624. The van der Waals surface area contributed by atoms with Crippen LogP contribution >= 0.6 is 0 Å². The number of aryl methyl sites for hydroxylation is 2. The van der Waals surface area contributed by atoms with Gasteiger partial charge in [-0.05, 0) is 25.0 Å². The van der Waals surface area contributed by atoms with Crippen LogP contribution in [0.4, 0.5) is 0 Å². The normalized spacial score (nSPS) is 10.8. The number of hydrogen-bond acceptors (Lipinski definition) is 2. The van der Waals surface area contributed by atoms with Crippen molar-refractivity contribution in [3.05, 3.63) is 70.8 Å². The third-order valence-corrected chi connectivity index (χ3v) is 2.99. The Morgan fingerprint density at radius 2 is 1.12 bits per heavy atom. The summed E-state index contributed by atoms with van der Waals surface area (Å²) in [5.74, 6) is 5.66. The zero-order valence-corrected chi connectivity index (χ0v) is 10.3. The van der Waals surface area contributed by atoms with Crippen LogP contribution in [0, 0.1) is 13.8 Å². The third kappa shape index (κ3) is 2.73. The van der Waals surface area contributed by atoms with Gasteiger partial charge in [0.05, 0.1) is 6.04 Å². The zero-order chi connectivity index (χ0) is 12.3. The van der Waals surface area contributed by atoms with Gasteiger partial charge in [-0.2, -0.15) is 0 Å². The van der Waals surface area contributed by atoms with Crippen molar-refractivity contribution >= 4 is 0 Å². The largest absolute Gasteiger partial charge is 0.271 e. The lowest BCUT2D eigenvalue weighted by atomic mass is 9.98. The minimum absolute atomic E-state index is 0.0520. The fourth-order valence-corrected chi connectivity index (χ4v) is 1.90.